The minimum absolute atomic E-state index is 0.0190. The van der Waals surface area contributed by atoms with Gasteiger partial charge in [-0.25, -0.2) is 9.37 Å². The highest BCUT2D eigenvalue weighted by molar-refractivity contribution is 5.93. The number of amides is 2. The summed E-state index contributed by atoms with van der Waals surface area (Å²) in [5.41, 5.74) is 0.129. The van der Waals surface area contributed by atoms with Crippen LogP contribution in [-0.4, -0.2) is 40.8 Å². The lowest BCUT2D eigenvalue weighted by atomic mass is 10.2. The molecule has 2 aromatic rings. The maximum absolute atomic E-state index is 12.8. The van der Waals surface area contributed by atoms with Gasteiger partial charge in [-0.2, -0.15) is 0 Å². The lowest BCUT2D eigenvalue weighted by molar-refractivity contribution is -0.127. The molecular weight excluding hydrogens is 341 g/mol. The molecule has 1 aromatic heterocycles. The van der Waals surface area contributed by atoms with Gasteiger partial charge < -0.3 is 19.4 Å². The normalized spacial score (nSPS) is 16.8. The third-order valence-corrected chi connectivity index (χ3v) is 4.00. The van der Waals surface area contributed by atoms with Crippen molar-refractivity contribution in [3.8, 4) is 5.75 Å². The summed E-state index contributed by atoms with van der Waals surface area (Å²) in [7, 11) is 0. The number of rotatable bonds is 7. The number of oxazole rings is 1. The zero-order valence-corrected chi connectivity index (χ0v) is 14.4. The minimum Gasteiger partial charge on any atom is -0.484 e. The first-order valence-corrected chi connectivity index (χ1v) is 8.46. The van der Waals surface area contributed by atoms with Gasteiger partial charge in [0, 0.05) is 19.5 Å². The predicted molar refractivity (Wildman–Crippen MR) is 90.0 cm³/mol. The fourth-order valence-corrected chi connectivity index (χ4v) is 2.77. The van der Waals surface area contributed by atoms with Crippen LogP contribution in [0.5, 0.6) is 5.75 Å². The van der Waals surface area contributed by atoms with Crippen molar-refractivity contribution in [1.29, 1.82) is 0 Å². The number of hydrogen-bond donors (Lipinski definition) is 1. The van der Waals surface area contributed by atoms with Gasteiger partial charge in [-0.05, 0) is 30.7 Å². The summed E-state index contributed by atoms with van der Waals surface area (Å²) in [6.07, 6.45) is 2.43. The van der Waals surface area contributed by atoms with E-state index in [9.17, 15) is 14.0 Å². The third-order valence-electron chi connectivity index (χ3n) is 4.00. The number of carbonyl (C=O) groups excluding carboxylic acids is 2. The average molecular weight is 361 g/mol. The SMILES string of the molecule is CCCN1C[C@@H](NC(=O)c2coc(COc3ccc(F)cc3)n2)CC1=O. The van der Waals surface area contributed by atoms with Gasteiger partial charge in [0.05, 0.1) is 6.04 Å². The van der Waals surface area contributed by atoms with Crippen molar-refractivity contribution < 1.29 is 23.1 Å². The standard InChI is InChI=1S/C18H20FN3O4/c1-2-7-22-9-13(8-17(22)23)20-18(24)15-10-26-16(21-15)11-25-14-5-3-12(19)4-6-14/h3-6,10,13H,2,7-9,11H2,1H3,(H,20,24)/t13-/m0/s1. The zero-order valence-electron chi connectivity index (χ0n) is 14.4. The van der Waals surface area contributed by atoms with Gasteiger partial charge in [-0.1, -0.05) is 6.92 Å². The summed E-state index contributed by atoms with van der Waals surface area (Å²) in [6.45, 7) is 3.23. The quantitative estimate of drug-likeness (QED) is 0.817. The monoisotopic (exact) mass is 361 g/mol. The molecule has 0 unspecified atom stereocenters. The molecule has 1 aromatic carbocycles. The number of likely N-dealkylation sites (tertiary alicyclic amines) is 1. The maximum atomic E-state index is 12.8. The molecule has 3 rings (SSSR count). The highest BCUT2D eigenvalue weighted by atomic mass is 19.1. The Kier molecular flexibility index (Phi) is 5.50. The molecule has 0 spiro atoms. The van der Waals surface area contributed by atoms with Crippen LogP contribution in [0.15, 0.2) is 34.9 Å². The van der Waals surface area contributed by atoms with Crippen molar-refractivity contribution in [3.63, 3.8) is 0 Å². The van der Waals surface area contributed by atoms with Crippen LogP contribution in [0.4, 0.5) is 4.39 Å². The van der Waals surface area contributed by atoms with E-state index in [2.05, 4.69) is 10.3 Å². The summed E-state index contributed by atoms with van der Waals surface area (Å²) in [5, 5.41) is 2.80. The maximum Gasteiger partial charge on any atom is 0.273 e. The summed E-state index contributed by atoms with van der Waals surface area (Å²) < 4.78 is 23.5. The number of ether oxygens (including phenoxy) is 1. The molecule has 1 aliphatic heterocycles. The van der Waals surface area contributed by atoms with Crippen LogP contribution < -0.4 is 10.1 Å². The molecule has 1 aliphatic rings. The Morgan fingerprint density at radius 1 is 1.42 bits per heavy atom. The Morgan fingerprint density at radius 3 is 2.92 bits per heavy atom. The Morgan fingerprint density at radius 2 is 2.19 bits per heavy atom. The molecule has 0 saturated carbocycles. The van der Waals surface area contributed by atoms with E-state index in [4.69, 9.17) is 9.15 Å². The summed E-state index contributed by atoms with van der Waals surface area (Å²) in [5.74, 6) is 0.00427. The van der Waals surface area contributed by atoms with E-state index >= 15 is 0 Å². The molecule has 0 radical (unpaired) electrons. The van der Waals surface area contributed by atoms with Gasteiger partial charge in [0.25, 0.3) is 5.91 Å². The van der Waals surface area contributed by atoms with Crippen molar-refractivity contribution in [2.75, 3.05) is 13.1 Å². The molecule has 1 N–H and O–H groups in total. The molecule has 1 atom stereocenters. The fraction of sp³-hybridized carbons (Fsp3) is 0.389. The number of benzene rings is 1. The van der Waals surface area contributed by atoms with Crippen LogP contribution in [0.2, 0.25) is 0 Å². The molecule has 1 saturated heterocycles. The molecule has 138 valence electrons. The van der Waals surface area contributed by atoms with E-state index in [1.54, 1.807) is 4.90 Å². The first-order chi connectivity index (χ1) is 12.5. The second-order valence-electron chi connectivity index (χ2n) is 6.08. The Balaban J connectivity index is 1.51. The fourth-order valence-electron chi connectivity index (χ4n) is 2.77. The molecule has 1 fully saturated rings. The minimum atomic E-state index is -0.391. The Bertz CT molecular complexity index is 775. The van der Waals surface area contributed by atoms with Crippen molar-refractivity contribution in [2.45, 2.75) is 32.4 Å². The zero-order chi connectivity index (χ0) is 18.5. The van der Waals surface area contributed by atoms with Gasteiger partial charge in [0.2, 0.25) is 11.8 Å². The molecule has 8 heteroatoms. The predicted octanol–water partition coefficient (Wildman–Crippen LogP) is 2.13. The number of halogens is 1. The van der Waals surface area contributed by atoms with E-state index in [0.717, 1.165) is 6.42 Å². The molecule has 2 amide bonds. The van der Waals surface area contributed by atoms with E-state index in [1.165, 1.54) is 30.5 Å². The molecule has 0 aliphatic carbocycles. The molecular formula is C18H20FN3O4. The van der Waals surface area contributed by atoms with Crippen molar-refractivity contribution in [3.05, 3.63) is 47.9 Å². The highest BCUT2D eigenvalue weighted by Gasteiger charge is 2.30. The van der Waals surface area contributed by atoms with Gasteiger partial charge in [-0.3, -0.25) is 9.59 Å². The number of nitrogens with zero attached hydrogens (tertiary/aromatic N) is 2. The summed E-state index contributed by atoms with van der Waals surface area (Å²) in [4.78, 5) is 29.9. The smallest absolute Gasteiger partial charge is 0.273 e. The Labute approximate surface area is 150 Å². The lowest BCUT2D eigenvalue weighted by Crippen LogP contribution is -2.37. The van der Waals surface area contributed by atoms with E-state index < -0.39 is 5.91 Å². The number of nitrogens with one attached hydrogen (secondary N) is 1. The largest absolute Gasteiger partial charge is 0.484 e. The van der Waals surface area contributed by atoms with Crippen LogP contribution in [0.1, 0.15) is 36.1 Å². The van der Waals surface area contributed by atoms with Crippen molar-refractivity contribution in [2.24, 2.45) is 0 Å². The van der Waals surface area contributed by atoms with Gasteiger partial charge >= 0.3 is 0 Å². The van der Waals surface area contributed by atoms with Crippen LogP contribution >= 0.6 is 0 Å². The lowest BCUT2D eigenvalue weighted by Gasteiger charge is -2.15. The molecule has 0 bridgehead atoms. The number of hydrogen-bond acceptors (Lipinski definition) is 5. The van der Waals surface area contributed by atoms with Crippen LogP contribution in [0.3, 0.4) is 0 Å². The average Bonchev–Trinajstić information content (AvgIpc) is 3.22. The molecule has 2 heterocycles. The number of carbonyl (C=O) groups is 2. The van der Waals surface area contributed by atoms with Crippen molar-refractivity contribution >= 4 is 11.8 Å². The van der Waals surface area contributed by atoms with E-state index in [0.29, 0.717) is 25.3 Å². The Hall–Kier alpha value is -2.90. The number of aromatic nitrogens is 1. The van der Waals surface area contributed by atoms with Gasteiger partial charge in [0.15, 0.2) is 12.3 Å². The van der Waals surface area contributed by atoms with Crippen molar-refractivity contribution in [1.82, 2.24) is 15.2 Å². The van der Waals surface area contributed by atoms with Crippen LogP contribution in [-0.2, 0) is 11.4 Å². The molecule has 26 heavy (non-hydrogen) atoms. The van der Waals surface area contributed by atoms with Gasteiger partial charge in [-0.15, -0.1) is 0 Å². The van der Waals surface area contributed by atoms with E-state index in [-0.39, 0.29) is 36.0 Å². The first kappa shape index (κ1) is 17.9. The second-order valence-corrected chi connectivity index (χ2v) is 6.08. The third kappa shape index (κ3) is 4.38. The first-order valence-electron chi connectivity index (χ1n) is 8.46. The summed E-state index contributed by atoms with van der Waals surface area (Å²) in [6, 6.07) is 5.33. The van der Waals surface area contributed by atoms with Crippen LogP contribution in [0.25, 0.3) is 0 Å². The highest BCUT2D eigenvalue weighted by Crippen LogP contribution is 2.15. The molecule has 7 nitrogen and oxygen atoms in total. The van der Waals surface area contributed by atoms with Crippen LogP contribution in [0, 0.1) is 5.82 Å². The van der Waals surface area contributed by atoms with E-state index in [1.807, 2.05) is 6.92 Å². The summed E-state index contributed by atoms with van der Waals surface area (Å²) >= 11 is 0. The topological polar surface area (TPSA) is 84.7 Å². The van der Waals surface area contributed by atoms with Gasteiger partial charge in [0.1, 0.15) is 17.8 Å². The second kappa shape index (κ2) is 7.99.